The molecule has 1 aromatic carbocycles. The van der Waals surface area contributed by atoms with Gasteiger partial charge in [-0.05, 0) is 36.8 Å². The summed E-state index contributed by atoms with van der Waals surface area (Å²) in [7, 11) is 3.67. The lowest BCUT2D eigenvalue weighted by Crippen LogP contribution is -2.39. The average molecular weight is 444 g/mol. The number of benzene rings is 1. The van der Waals surface area contributed by atoms with E-state index in [0.717, 1.165) is 22.4 Å². The Hall–Kier alpha value is -4.01. The number of piperidine rings is 1. The molecular formula is C24H24N6O3. The van der Waals surface area contributed by atoms with Crippen molar-refractivity contribution < 1.29 is 14.1 Å². The maximum atomic E-state index is 12.4. The van der Waals surface area contributed by atoms with Gasteiger partial charge in [0.2, 0.25) is 17.6 Å². The van der Waals surface area contributed by atoms with Gasteiger partial charge in [0.1, 0.15) is 12.4 Å². The molecule has 5 rings (SSSR count). The van der Waals surface area contributed by atoms with Crippen LogP contribution < -0.4 is 4.74 Å². The number of amides is 1. The van der Waals surface area contributed by atoms with Gasteiger partial charge in [-0.3, -0.25) is 14.5 Å². The van der Waals surface area contributed by atoms with Crippen LogP contribution in [0.5, 0.6) is 5.75 Å². The summed E-state index contributed by atoms with van der Waals surface area (Å²) in [4.78, 5) is 22.9. The topological polar surface area (TPSA) is 99.2 Å². The number of likely N-dealkylation sites (N-methyl/N-ethyl adjacent to an activating group) is 1. The Morgan fingerprint density at radius 2 is 2.00 bits per heavy atom. The molecule has 0 radical (unpaired) electrons. The number of rotatable bonds is 6. The van der Waals surface area contributed by atoms with Crippen molar-refractivity contribution in [3.63, 3.8) is 0 Å². The number of carbonyl (C=O) groups excluding carboxylic acids is 1. The van der Waals surface area contributed by atoms with Gasteiger partial charge in [0.15, 0.2) is 0 Å². The molecule has 0 saturated carbocycles. The second-order valence-electron chi connectivity index (χ2n) is 8.17. The molecule has 9 nitrogen and oxygen atoms in total. The SMILES string of the molecule is CN1C(=O)CC[C@@H](c2nc(-c3ccc(OCc4cccnc4)cc3)no2)[C@H]1c1cnn(C)c1. The fourth-order valence-electron chi connectivity index (χ4n) is 4.20. The summed E-state index contributed by atoms with van der Waals surface area (Å²) in [5.74, 6) is 1.78. The van der Waals surface area contributed by atoms with E-state index < -0.39 is 0 Å². The lowest BCUT2D eigenvalue weighted by Gasteiger charge is -2.36. The van der Waals surface area contributed by atoms with E-state index in [4.69, 9.17) is 9.26 Å². The molecule has 0 aliphatic carbocycles. The molecule has 1 aliphatic rings. The van der Waals surface area contributed by atoms with E-state index in [1.165, 1.54) is 0 Å². The summed E-state index contributed by atoms with van der Waals surface area (Å²) in [5.41, 5.74) is 2.79. The first kappa shape index (κ1) is 20.9. The number of nitrogens with zero attached hydrogens (tertiary/aromatic N) is 6. The van der Waals surface area contributed by atoms with Crippen LogP contribution in [0.1, 0.15) is 41.8 Å². The van der Waals surface area contributed by atoms with Crippen LogP contribution in [0, 0.1) is 0 Å². The predicted molar refractivity (Wildman–Crippen MR) is 119 cm³/mol. The van der Waals surface area contributed by atoms with Crippen molar-refractivity contribution in [3.8, 4) is 17.1 Å². The Kier molecular flexibility index (Phi) is 5.60. The van der Waals surface area contributed by atoms with Gasteiger partial charge in [-0.15, -0.1) is 0 Å². The Labute approximate surface area is 191 Å². The quantitative estimate of drug-likeness (QED) is 0.449. The van der Waals surface area contributed by atoms with E-state index in [1.807, 2.05) is 56.7 Å². The average Bonchev–Trinajstić information content (AvgIpc) is 3.50. The number of hydrogen-bond donors (Lipinski definition) is 0. The zero-order valence-corrected chi connectivity index (χ0v) is 18.5. The van der Waals surface area contributed by atoms with Gasteiger partial charge in [-0.25, -0.2) is 0 Å². The first-order valence-corrected chi connectivity index (χ1v) is 10.8. The molecule has 4 aromatic rings. The molecule has 1 amide bonds. The molecule has 0 spiro atoms. The first-order valence-electron chi connectivity index (χ1n) is 10.8. The molecular weight excluding hydrogens is 420 g/mol. The monoisotopic (exact) mass is 444 g/mol. The Balaban J connectivity index is 1.33. The minimum Gasteiger partial charge on any atom is -0.489 e. The van der Waals surface area contributed by atoms with Crippen molar-refractivity contribution in [2.24, 2.45) is 7.05 Å². The van der Waals surface area contributed by atoms with Crippen LogP contribution in [0.2, 0.25) is 0 Å². The van der Waals surface area contributed by atoms with E-state index in [0.29, 0.717) is 31.2 Å². The molecule has 9 heteroatoms. The predicted octanol–water partition coefficient (Wildman–Crippen LogP) is 3.52. The molecule has 4 heterocycles. The van der Waals surface area contributed by atoms with E-state index in [2.05, 4.69) is 20.2 Å². The maximum Gasteiger partial charge on any atom is 0.232 e. The standard InChI is InChI=1S/C24H24N6O3/c1-29-14-18(13-26-29)22-20(9-10-21(31)30(22)2)24-27-23(28-33-24)17-5-7-19(8-6-17)32-15-16-4-3-11-25-12-16/h3-8,11-14,20,22H,9-10,15H2,1-2H3/t20-,22-/m1/s1. The summed E-state index contributed by atoms with van der Waals surface area (Å²) in [6, 6.07) is 11.2. The number of hydrogen-bond acceptors (Lipinski definition) is 7. The highest BCUT2D eigenvalue weighted by Crippen LogP contribution is 2.42. The number of carbonyl (C=O) groups is 1. The van der Waals surface area contributed by atoms with Crippen LogP contribution in [0.4, 0.5) is 0 Å². The summed E-state index contributed by atoms with van der Waals surface area (Å²) >= 11 is 0. The van der Waals surface area contributed by atoms with Gasteiger partial charge in [0.25, 0.3) is 0 Å². The highest BCUT2D eigenvalue weighted by Gasteiger charge is 2.39. The van der Waals surface area contributed by atoms with Crippen LogP contribution in [-0.4, -0.2) is 42.8 Å². The van der Waals surface area contributed by atoms with Gasteiger partial charge < -0.3 is 14.2 Å². The van der Waals surface area contributed by atoms with E-state index in [-0.39, 0.29) is 17.9 Å². The molecule has 1 aliphatic heterocycles. The molecule has 0 unspecified atom stereocenters. The second kappa shape index (κ2) is 8.85. The number of aryl methyl sites for hydroxylation is 1. The molecule has 1 saturated heterocycles. The third kappa shape index (κ3) is 4.34. The lowest BCUT2D eigenvalue weighted by atomic mass is 9.85. The third-order valence-electron chi connectivity index (χ3n) is 5.93. The molecule has 0 bridgehead atoms. The molecule has 33 heavy (non-hydrogen) atoms. The zero-order valence-electron chi connectivity index (χ0n) is 18.5. The Morgan fingerprint density at radius 3 is 2.73 bits per heavy atom. The van der Waals surface area contributed by atoms with Crippen LogP contribution in [0.15, 0.2) is 65.7 Å². The van der Waals surface area contributed by atoms with Crippen molar-refractivity contribution in [2.45, 2.75) is 31.4 Å². The third-order valence-corrected chi connectivity index (χ3v) is 5.93. The van der Waals surface area contributed by atoms with Gasteiger partial charge >= 0.3 is 0 Å². The molecule has 168 valence electrons. The zero-order chi connectivity index (χ0) is 22.8. The van der Waals surface area contributed by atoms with Crippen LogP contribution >= 0.6 is 0 Å². The van der Waals surface area contributed by atoms with Crippen LogP contribution in [-0.2, 0) is 18.4 Å². The van der Waals surface area contributed by atoms with E-state index in [9.17, 15) is 4.79 Å². The molecule has 1 fully saturated rings. The lowest BCUT2D eigenvalue weighted by molar-refractivity contribution is -0.135. The van der Waals surface area contributed by atoms with Crippen molar-refractivity contribution >= 4 is 5.91 Å². The van der Waals surface area contributed by atoms with Crippen molar-refractivity contribution in [2.75, 3.05) is 7.05 Å². The summed E-state index contributed by atoms with van der Waals surface area (Å²) < 4.78 is 13.2. The largest absolute Gasteiger partial charge is 0.489 e. The van der Waals surface area contributed by atoms with E-state index >= 15 is 0 Å². The van der Waals surface area contributed by atoms with Crippen molar-refractivity contribution in [1.29, 1.82) is 0 Å². The maximum absolute atomic E-state index is 12.4. The molecule has 3 aromatic heterocycles. The Bertz CT molecular complexity index is 1230. The van der Waals surface area contributed by atoms with Crippen molar-refractivity contribution in [3.05, 3.63) is 78.2 Å². The van der Waals surface area contributed by atoms with Crippen LogP contribution in [0.3, 0.4) is 0 Å². The summed E-state index contributed by atoms with van der Waals surface area (Å²) in [6.45, 7) is 0.448. The minimum atomic E-state index is -0.198. The molecule has 2 atom stereocenters. The number of aromatic nitrogens is 5. The smallest absolute Gasteiger partial charge is 0.232 e. The van der Waals surface area contributed by atoms with Gasteiger partial charge in [0, 0.05) is 55.8 Å². The van der Waals surface area contributed by atoms with E-state index in [1.54, 1.807) is 28.2 Å². The van der Waals surface area contributed by atoms with Crippen molar-refractivity contribution in [1.82, 2.24) is 29.8 Å². The highest BCUT2D eigenvalue weighted by molar-refractivity contribution is 5.77. The van der Waals surface area contributed by atoms with Gasteiger partial charge in [0.05, 0.1) is 18.2 Å². The second-order valence-corrected chi connectivity index (χ2v) is 8.17. The van der Waals surface area contributed by atoms with Gasteiger partial charge in [-0.1, -0.05) is 11.2 Å². The first-order chi connectivity index (χ1) is 16.1. The number of ether oxygens (including phenoxy) is 1. The molecule has 0 N–H and O–H groups in total. The van der Waals surface area contributed by atoms with Crippen LogP contribution in [0.25, 0.3) is 11.4 Å². The normalized spacial score (nSPS) is 18.5. The number of likely N-dealkylation sites (tertiary alicyclic amines) is 1. The summed E-state index contributed by atoms with van der Waals surface area (Å²) in [6.07, 6.45) is 8.32. The minimum absolute atomic E-state index is 0.0970. The number of pyridine rings is 1. The fourth-order valence-corrected chi connectivity index (χ4v) is 4.20. The Morgan fingerprint density at radius 1 is 1.15 bits per heavy atom. The summed E-state index contributed by atoms with van der Waals surface area (Å²) in [5, 5.41) is 8.47. The highest BCUT2D eigenvalue weighted by atomic mass is 16.5. The van der Waals surface area contributed by atoms with Gasteiger partial charge in [-0.2, -0.15) is 10.1 Å². The fraction of sp³-hybridized carbons (Fsp3) is 0.292.